The summed E-state index contributed by atoms with van der Waals surface area (Å²) in [7, 11) is 0. The molecule has 146 valence electrons. The summed E-state index contributed by atoms with van der Waals surface area (Å²) in [6, 6.07) is 8.38. The van der Waals surface area contributed by atoms with E-state index in [1.54, 1.807) is 41.3 Å². The summed E-state index contributed by atoms with van der Waals surface area (Å²) in [6.07, 6.45) is 2.47. The van der Waals surface area contributed by atoms with Crippen LogP contribution in [0.5, 0.6) is 0 Å². The van der Waals surface area contributed by atoms with Crippen LogP contribution in [0.3, 0.4) is 0 Å². The Labute approximate surface area is 165 Å². The van der Waals surface area contributed by atoms with Crippen molar-refractivity contribution in [3.63, 3.8) is 0 Å². The number of Topliss-reactive ketones (excluding diaryl/α,β-unsaturated/α-hetero) is 1. The van der Waals surface area contributed by atoms with Gasteiger partial charge in [0.15, 0.2) is 6.10 Å². The Balaban J connectivity index is 1.57. The molecular formula is C19H19N3O5S. The lowest BCUT2D eigenvalue weighted by molar-refractivity contribution is -0.119. The summed E-state index contributed by atoms with van der Waals surface area (Å²) in [5.41, 5.74) is 0. The van der Waals surface area contributed by atoms with Crippen LogP contribution in [0.4, 0.5) is 0 Å². The molecule has 0 aliphatic carbocycles. The maximum atomic E-state index is 12.5. The molecule has 1 atom stereocenters. The van der Waals surface area contributed by atoms with Crippen molar-refractivity contribution in [1.29, 1.82) is 0 Å². The number of carbonyl (C=O) groups is 3. The maximum absolute atomic E-state index is 12.5. The van der Waals surface area contributed by atoms with Crippen molar-refractivity contribution in [2.45, 2.75) is 33.0 Å². The number of nitrogens with one attached hydrogen (secondary N) is 1. The van der Waals surface area contributed by atoms with E-state index in [1.807, 2.05) is 0 Å². The first-order chi connectivity index (χ1) is 13.4. The van der Waals surface area contributed by atoms with Crippen LogP contribution in [0.25, 0.3) is 0 Å². The van der Waals surface area contributed by atoms with Crippen LogP contribution in [-0.2, 0) is 22.6 Å². The molecule has 0 bridgehead atoms. The molecule has 8 nitrogen and oxygen atoms in total. The van der Waals surface area contributed by atoms with Crippen LogP contribution in [0.1, 0.15) is 44.7 Å². The zero-order valence-electron chi connectivity index (χ0n) is 15.4. The van der Waals surface area contributed by atoms with Crippen molar-refractivity contribution in [3.05, 3.63) is 64.0 Å². The van der Waals surface area contributed by atoms with E-state index in [9.17, 15) is 14.4 Å². The SMILES string of the molecule is CC(=O)NCc1ccc(C(=O)C(C)OC(=O)c2ccc(Cn3cccn3)o2)s1. The van der Waals surface area contributed by atoms with Gasteiger partial charge in [-0.3, -0.25) is 14.3 Å². The number of esters is 1. The summed E-state index contributed by atoms with van der Waals surface area (Å²) < 4.78 is 12.4. The number of amides is 1. The predicted octanol–water partition coefficient (Wildman–Crippen LogP) is 2.65. The fraction of sp³-hybridized carbons (Fsp3) is 0.263. The van der Waals surface area contributed by atoms with Gasteiger partial charge < -0.3 is 14.5 Å². The smallest absolute Gasteiger partial charge is 0.374 e. The Kier molecular flexibility index (Phi) is 6.05. The number of nitrogens with zero attached hydrogens (tertiary/aromatic N) is 2. The number of ketones is 1. The molecule has 0 aliphatic rings. The molecule has 28 heavy (non-hydrogen) atoms. The fourth-order valence-corrected chi connectivity index (χ4v) is 3.38. The third-order valence-electron chi connectivity index (χ3n) is 3.81. The van der Waals surface area contributed by atoms with Gasteiger partial charge in [-0.1, -0.05) is 0 Å². The molecule has 3 rings (SSSR count). The second kappa shape index (κ2) is 8.66. The molecule has 1 unspecified atom stereocenters. The molecule has 0 fully saturated rings. The third-order valence-corrected chi connectivity index (χ3v) is 4.91. The fourth-order valence-electron chi connectivity index (χ4n) is 2.42. The van der Waals surface area contributed by atoms with E-state index in [2.05, 4.69) is 10.4 Å². The van der Waals surface area contributed by atoms with Crippen LogP contribution in [-0.4, -0.2) is 33.5 Å². The number of aromatic nitrogens is 2. The normalized spacial score (nSPS) is 11.8. The molecule has 1 amide bonds. The highest BCUT2D eigenvalue weighted by atomic mass is 32.1. The lowest BCUT2D eigenvalue weighted by Crippen LogP contribution is -2.23. The van der Waals surface area contributed by atoms with Gasteiger partial charge in [-0.25, -0.2) is 4.79 Å². The average molecular weight is 401 g/mol. The molecule has 0 aliphatic heterocycles. The van der Waals surface area contributed by atoms with Crippen LogP contribution < -0.4 is 5.32 Å². The molecule has 3 aromatic heterocycles. The molecule has 1 N–H and O–H groups in total. The number of furan rings is 1. The highest BCUT2D eigenvalue weighted by Crippen LogP contribution is 2.20. The van der Waals surface area contributed by atoms with Crippen molar-refractivity contribution in [1.82, 2.24) is 15.1 Å². The topological polar surface area (TPSA) is 103 Å². The first-order valence-corrected chi connectivity index (χ1v) is 9.38. The van der Waals surface area contributed by atoms with Crippen LogP contribution in [0, 0.1) is 0 Å². The largest absolute Gasteiger partial charge is 0.452 e. The monoisotopic (exact) mass is 401 g/mol. The molecule has 0 radical (unpaired) electrons. The summed E-state index contributed by atoms with van der Waals surface area (Å²) in [5, 5.41) is 6.74. The second-order valence-corrected chi connectivity index (χ2v) is 7.23. The lowest BCUT2D eigenvalue weighted by Gasteiger charge is -2.10. The van der Waals surface area contributed by atoms with E-state index in [1.165, 1.54) is 31.3 Å². The number of hydrogen-bond acceptors (Lipinski definition) is 7. The molecule has 0 saturated heterocycles. The molecule has 0 aromatic carbocycles. The van der Waals surface area contributed by atoms with Crippen LogP contribution in [0.2, 0.25) is 0 Å². The molecule has 0 saturated carbocycles. The zero-order valence-corrected chi connectivity index (χ0v) is 16.2. The Hall–Kier alpha value is -3.20. The molecule has 3 aromatic rings. The number of carbonyl (C=O) groups excluding carboxylic acids is 3. The van der Waals surface area contributed by atoms with Gasteiger partial charge in [0.05, 0.1) is 18.0 Å². The molecule has 9 heteroatoms. The summed E-state index contributed by atoms with van der Waals surface area (Å²) in [6.45, 7) is 3.69. The quantitative estimate of drug-likeness (QED) is 0.460. The molecular weight excluding hydrogens is 382 g/mol. The zero-order chi connectivity index (χ0) is 20.1. The van der Waals surface area contributed by atoms with Crippen molar-refractivity contribution in [2.24, 2.45) is 0 Å². The van der Waals surface area contributed by atoms with E-state index in [0.29, 0.717) is 23.7 Å². The molecule has 0 spiro atoms. The van der Waals surface area contributed by atoms with E-state index in [-0.39, 0.29) is 17.5 Å². The Morgan fingerprint density at radius 2 is 2.11 bits per heavy atom. The van der Waals surface area contributed by atoms with Gasteiger partial charge >= 0.3 is 5.97 Å². The van der Waals surface area contributed by atoms with Crippen LogP contribution >= 0.6 is 11.3 Å². The summed E-state index contributed by atoms with van der Waals surface area (Å²) in [4.78, 5) is 37.0. The average Bonchev–Trinajstić information content (AvgIpc) is 3.41. The minimum absolute atomic E-state index is 0.0272. The first kappa shape index (κ1) is 19.6. The Bertz CT molecular complexity index is 974. The molecule has 3 heterocycles. The standard InChI is InChI=1S/C19H19N3O5S/c1-12(18(24)17-7-5-15(28-17)10-20-13(2)23)26-19(25)16-6-4-14(27-16)11-22-9-3-8-21-22/h3-9,12H,10-11H2,1-2H3,(H,20,23). The lowest BCUT2D eigenvalue weighted by atomic mass is 10.2. The van der Waals surface area contributed by atoms with Crippen LogP contribution in [0.15, 0.2) is 47.1 Å². The maximum Gasteiger partial charge on any atom is 0.374 e. The van der Waals surface area contributed by atoms with Gasteiger partial charge in [0.25, 0.3) is 0 Å². The van der Waals surface area contributed by atoms with Gasteiger partial charge in [0.1, 0.15) is 5.76 Å². The van der Waals surface area contributed by atoms with E-state index < -0.39 is 12.1 Å². The predicted molar refractivity (Wildman–Crippen MR) is 101 cm³/mol. The number of thiophene rings is 1. The summed E-state index contributed by atoms with van der Waals surface area (Å²) >= 11 is 1.25. The van der Waals surface area contributed by atoms with Gasteiger partial charge in [0, 0.05) is 24.2 Å². The van der Waals surface area contributed by atoms with Crippen molar-refractivity contribution >= 4 is 29.0 Å². The number of rotatable bonds is 8. The Morgan fingerprint density at radius 3 is 2.82 bits per heavy atom. The van der Waals surface area contributed by atoms with Gasteiger partial charge in [0.2, 0.25) is 17.5 Å². The van der Waals surface area contributed by atoms with Gasteiger partial charge in [-0.15, -0.1) is 11.3 Å². The van der Waals surface area contributed by atoms with Gasteiger partial charge in [-0.2, -0.15) is 5.10 Å². The highest BCUT2D eigenvalue weighted by Gasteiger charge is 2.23. The highest BCUT2D eigenvalue weighted by molar-refractivity contribution is 7.14. The minimum Gasteiger partial charge on any atom is -0.452 e. The van der Waals surface area contributed by atoms with Crippen molar-refractivity contribution < 1.29 is 23.5 Å². The van der Waals surface area contributed by atoms with Crippen molar-refractivity contribution in [3.8, 4) is 0 Å². The summed E-state index contributed by atoms with van der Waals surface area (Å²) in [5.74, 6) is -0.581. The first-order valence-electron chi connectivity index (χ1n) is 8.57. The Morgan fingerprint density at radius 1 is 1.29 bits per heavy atom. The van der Waals surface area contributed by atoms with E-state index in [4.69, 9.17) is 9.15 Å². The van der Waals surface area contributed by atoms with Crippen molar-refractivity contribution in [2.75, 3.05) is 0 Å². The number of ether oxygens (including phenoxy) is 1. The van der Waals surface area contributed by atoms with E-state index >= 15 is 0 Å². The van der Waals surface area contributed by atoms with E-state index in [0.717, 1.165) is 4.88 Å². The third kappa shape index (κ3) is 4.95. The second-order valence-electron chi connectivity index (χ2n) is 6.06. The van der Waals surface area contributed by atoms with Gasteiger partial charge in [-0.05, 0) is 37.3 Å². The number of hydrogen-bond donors (Lipinski definition) is 1. The minimum atomic E-state index is -0.959.